The molecule has 0 unspecified atom stereocenters. The van der Waals surface area contributed by atoms with Crippen molar-refractivity contribution in [2.24, 2.45) is 0 Å². The molecule has 0 saturated carbocycles. The van der Waals surface area contributed by atoms with Crippen molar-refractivity contribution in [3.8, 4) is 0 Å². The van der Waals surface area contributed by atoms with Crippen molar-refractivity contribution in [2.75, 3.05) is 5.32 Å². The van der Waals surface area contributed by atoms with Crippen LogP contribution in [0.5, 0.6) is 0 Å². The predicted molar refractivity (Wildman–Crippen MR) is 137 cm³/mol. The molecule has 0 bridgehead atoms. The monoisotopic (exact) mass is 467 g/mol. The Morgan fingerprint density at radius 3 is 1.71 bits per heavy atom. The van der Waals surface area contributed by atoms with Crippen LogP contribution in [0.2, 0.25) is 0 Å². The van der Waals surface area contributed by atoms with E-state index in [9.17, 15) is 0 Å². The van der Waals surface area contributed by atoms with E-state index >= 15 is 0 Å². The summed E-state index contributed by atoms with van der Waals surface area (Å²) in [6.07, 6.45) is 2.27. The molecule has 0 aliphatic rings. The van der Waals surface area contributed by atoms with E-state index in [-0.39, 0.29) is 5.54 Å². The molecule has 0 spiro atoms. The summed E-state index contributed by atoms with van der Waals surface area (Å²) in [6.45, 7) is 4.42. The van der Waals surface area contributed by atoms with Crippen LogP contribution in [0.4, 0.5) is 5.69 Å². The Bertz CT molecular complexity index is 1100. The van der Waals surface area contributed by atoms with Gasteiger partial charge in [-0.3, -0.25) is 0 Å². The average Bonchev–Trinajstić information content (AvgIpc) is 2.80. The van der Waals surface area contributed by atoms with Crippen LogP contribution in [-0.4, -0.2) is 0 Å². The number of rotatable bonds is 6. The molecule has 2 heteroatoms. The molecule has 0 aliphatic heterocycles. The third-order valence-corrected chi connectivity index (χ3v) is 5.94. The molecule has 31 heavy (non-hydrogen) atoms. The molecule has 1 nitrogen and oxygen atoms in total. The van der Waals surface area contributed by atoms with Crippen molar-refractivity contribution in [3.05, 3.63) is 136 Å². The summed E-state index contributed by atoms with van der Waals surface area (Å²) in [6, 6.07) is 38.3. The highest BCUT2D eigenvalue weighted by molar-refractivity contribution is 9.10. The second-order valence-electron chi connectivity index (χ2n) is 8.17. The SMILES string of the molecule is CC(C)(Nc1ccc(Br)cc1)c1ccc(C=C(c2ccccc2)c2ccccc2)cc1. The van der Waals surface area contributed by atoms with Crippen molar-refractivity contribution in [3.63, 3.8) is 0 Å². The molecule has 0 atom stereocenters. The van der Waals surface area contributed by atoms with E-state index in [1.165, 1.54) is 27.8 Å². The van der Waals surface area contributed by atoms with Crippen LogP contribution in [-0.2, 0) is 5.54 Å². The number of hydrogen-bond donors (Lipinski definition) is 1. The standard InChI is InChI=1S/C29H26BrN/c1-29(2,31-27-19-17-26(30)18-20-27)25-15-13-22(14-16-25)21-28(23-9-5-3-6-10-23)24-11-7-4-8-12-24/h3-21,31H,1-2H3. The number of hydrogen-bond acceptors (Lipinski definition) is 1. The number of benzene rings is 4. The van der Waals surface area contributed by atoms with Crippen LogP contribution in [0.3, 0.4) is 0 Å². The highest BCUT2D eigenvalue weighted by Crippen LogP contribution is 2.29. The first kappa shape index (κ1) is 21.1. The second kappa shape index (κ2) is 9.36. The Morgan fingerprint density at radius 1 is 0.677 bits per heavy atom. The molecule has 0 aliphatic carbocycles. The number of halogens is 1. The minimum absolute atomic E-state index is 0.183. The lowest BCUT2D eigenvalue weighted by atomic mass is 9.91. The predicted octanol–water partition coefficient (Wildman–Crippen LogP) is 8.39. The van der Waals surface area contributed by atoms with Crippen LogP contribution in [0.15, 0.2) is 114 Å². The molecular formula is C29H26BrN. The lowest BCUT2D eigenvalue weighted by Crippen LogP contribution is -2.27. The smallest absolute Gasteiger partial charge is 0.0569 e. The Labute approximate surface area is 193 Å². The molecule has 0 aromatic heterocycles. The van der Waals surface area contributed by atoms with Crippen molar-refractivity contribution < 1.29 is 0 Å². The zero-order chi connectivity index (χ0) is 21.7. The van der Waals surface area contributed by atoms with E-state index in [0.29, 0.717) is 0 Å². The molecule has 154 valence electrons. The number of anilines is 1. The van der Waals surface area contributed by atoms with Gasteiger partial charge in [0.15, 0.2) is 0 Å². The van der Waals surface area contributed by atoms with Crippen LogP contribution in [0, 0.1) is 0 Å². The zero-order valence-corrected chi connectivity index (χ0v) is 19.4. The minimum Gasteiger partial charge on any atom is -0.376 e. The normalized spacial score (nSPS) is 11.1. The molecule has 0 saturated heterocycles. The molecule has 1 N–H and O–H groups in total. The van der Waals surface area contributed by atoms with Crippen LogP contribution in [0.1, 0.15) is 36.1 Å². The fraction of sp³-hybridized carbons (Fsp3) is 0.103. The Kier molecular flexibility index (Phi) is 6.39. The summed E-state index contributed by atoms with van der Waals surface area (Å²) in [7, 11) is 0. The van der Waals surface area contributed by atoms with Gasteiger partial charge in [-0.15, -0.1) is 0 Å². The molecule has 0 fully saturated rings. The van der Waals surface area contributed by atoms with E-state index < -0.39 is 0 Å². The molecule has 4 aromatic rings. The highest BCUT2D eigenvalue weighted by atomic mass is 79.9. The Balaban J connectivity index is 1.62. The maximum atomic E-state index is 3.64. The molecule has 4 rings (SSSR count). The van der Waals surface area contributed by atoms with Gasteiger partial charge in [-0.05, 0) is 72.0 Å². The molecule has 0 amide bonds. The number of nitrogens with one attached hydrogen (secondary N) is 1. The van der Waals surface area contributed by atoms with Gasteiger partial charge in [0.05, 0.1) is 5.54 Å². The second-order valence-corrected chi connectivity index (χ2v) is 9.08. The van der Waals surface area contributed by atoms with Gasteiger partial charge in [0.2, 0.25) is 0 Å². The summed E-state index contributed by atoms with van der Waals surface area (Å²) in [5, 5.41) is 3.64. The minimum atomic E-state index is -0.183. The maximum absolute atomic E-state index is 3.64. The fourth-order valence-corrected chi connectivity index (χ4v) is 3.96. The van der Waals surface area contributed by atoms with Gasteiger partial charge in [-0.25, -0.2) is 0 Å². The van der Waals surface area contributed by atoms with Gasteiger partial charge in [0, 0.05) is 10.2 Å². The lowest BCUT2D eigenvalue weighted by Gasteiger charge is -2.28. The summed E-state index contributed by atoms with van der Waals surface area (Å²) in [5.41, 5.74) is 7.01. The first-order valence-electron chi connectivity index (χ1n) is 10.5. The quantitative estimate of drug-likeness (QED) is 0.280. The molecular weight excluding hydrogens is 442 g/mol. The third-order valence-electron chi connectivity index (χ3n) is 5.41. The van der Waals surface area contributed by atoms with Gasteiger partial charge in [-0.2, -0.15) is 0 Å². The van der Waals surface area contributed by atoms with Gasteiger partial charge < -0.3 is 5.32 Å². The van der Waals surface area contributed by atoms with Crippen LogP contribution < -0.4 is 5.32 Å². The van der Waals surface area contributed by atoms with Gasteiger partial charge >= 0.3 is 0 Å². The van der Waals surface area contributed by atoms with Gasteiger partial charge in [0.25, 0.3) is 0 Å². The highest BCUT2D eigenvalue weighted by Gasteiger charge is 2.20. The first-order valence-corrected chi connectivity index (χ1v) is 11.3. The van der Waals surface area contributed by atoms with E-state index in [2.05, 4.69) is 150 Å². The van der Waals surface area contributed by atoms with Gasteiger partial charge in [0.1, 0.15) is 0 Å². The molecule has 4 aromatic carbocycles. The summed E-state index contributed by atoms with van der Waals surface area (Å²) in [4.78, 5) is 0. The van der Waals surface area contributed by atoms with Crippen molar-refractivity contribution in [1.29, 1.82) is 0 Å². The Hall–Kier alpha value is -3.10. The first-order chi connectivity index (χ1) is 15.0. The topological polar surface area (TPSA) is 12.0 Å². The lowest BCUT2D eigenvalue weighted by molar-refractivity contribution is 0.609. The summed E-state index contributed by atoms with van der Waals surface area (Å²) < 4.78 is 1.08. The van der Waals surface area contributed by atoms with Crippen molar-refractivity contribution in [1.82, 2.24) is 0 Å². The summed E-state index contributed by atoms with van der Waals surface area (Å²) in [5.74, 6) is 0. The van der Waals surface area contributed by atoms with E-state index in [1.54, 1.807) is 0 Å². The van der Waals surface area contributed by atoms with Crippen LogP contribution in [0.25, 0.3) is 11.6 Å². The molecule has 0 heterocycles. The van der Waals surface area contributed by atoms with E-state index in [4.69, 9.17) is 0 Å². The average molecular weight is 468 g/mol. The maximum Gasteiger partial charge on any atom is 0.0569 e. The van der Waals surface area contributed by atoms with Crippen LogP contribution >= 0.6 is 15.9 Å². The Morgan fingerprint density at radius 2 is 1.19 bits per heavy atom. The van der Waals surface area contributed by atoms with E-state index in [0.717, 1.165) is 10.2 Å². The van der Waals surface area contributed by atoms with Crippen molar-refractivity contribution >= 4 is 33.3 Å². The fourth-order valence-electron chi connectivity index (χ4n) is 3.70. The zero-order valence-electron chi connectivity index (χ0n) is 17.8. The summed E-state index contributed by atoms with van der Waals surface area (Å²) >= 11 is 3.50. The third kappa shape index (κ3) is 5.34. The largest absolute Gasteiger partial charge is 0.376 e. The van der Waals surface area contributed by atoms with Gasteiger partial charge in [-0.1, -0.05) is 101 Å². The van der Waals surface area contributed by atoms with Crippen molar-refractivity contribution in [2.45, 2.75) is 19.4 Å². The molecule has 0 radical (unpaired) electrons. The van der Waals surface area contributed by atoms with E-state index in [1.807, 2.05) is 0 Å².